The summed E-state index contributed by atoms with van der Waals surface area (Å²) >= 11 is 0. The second-order valence-electron chi connectivity index (χ2n) is 6.71. The van der Waals surface area contributed by atoms with Crippen molar-refractivity contribution in [2.24, 2.45) is 0 Å². The van der Waals surface area contributed by atoms with E-state index in [2.05, 4.69) is 24.1 Å². The van der Waals surface area contributed by atoms with E-state index in [9.17, 15) is 18.3 Å². The maximum absolute atomic E-state index is 12.8. The number of ether oxygens (including phenoxy) is 1. The molecule has 28 heavy (non-hydrogen) atoms. The van der Waals surface area contributed by atoms with E-state index in [4.69, 9.17) is 4.74 Å². The number of morpholine rings is 1. The molecule has 0 bridgehead atoms. The van der Waals surface area contributed by atoms with Crippen LogP contribution >= 0.6 is 0 Å². The molecule has 0 aromatic heterocycles. The molecule has 8 nitrogen and oxygen atoms in total. The number of aliphatic hydroxyl groups excluding tert-OH is 1. The van der Waals surface area contributed by atoms with E-state index < -0.39 is 15.9 Å². The highest BCUT2D eigenvalue weighted by Crippen LogP contribution is 2.18. The van der Waals surface area contributed by atoms with Crippen molar-refractivity contribution < 1.29 is 23.1 Å². The Labute approximate surface area is 167 Å². The molecule has 1 atom stereocenters. The van der Waals surface area contributed by atoms with Crippen LogP contribution in [0, 0.1) is 0 Å². The topological polar surface area (TPSA) is 99.2 Å². The standard InChI is InChI=1S/C19H31N3O5S/c1-3-21(4-2)9-8-17(15-23)20-19(24)16-6-5-7-18(14-16)28(25,26)22-10-12-27-13-11-22/h5-7,14,17,23H,3-4,8-13,15H2,1-2H3,(H,20,24)/t17-/m0/s1. The maximum atomic E-state index is 12.8. The van der Waals surface area contributed by atoms with Gasteiger partial charge >= 0.3 is 0 Å². The molecule has 2 N–H and O–H groups in total. The first-order valence-electron chi connectivity index (χ1n) is 9.74. The van der Waals surface area contributed by atoms with Crippen LogP contribution in [0.5, 0.6) is 0 Å². The lowest BCUT2D eigenvalue weighted by molar-refractivity contribution is 0.0730. The fourth-order valence-corrected chi connectivity index (χ4v) is 4.54. The zero-order valence-corrected chi connectivity index (χ0v) is 17.5. The lowest BCUT2D eigenvalue weighted by atomic mass is 10.1. The van der Waals surface area contributed by atoms with Gasteiger partial charge in [-0.05, 0) is 37.7 Å². The van der Waals surface area contributed by atoms with Crippen molar-refractivity contribution in [1.82, 2.24) is 14.5 Å². The Morgan fingerprint density at radius 3 is 2.57 bits per heavy atom. The summed E-state index contributed by atoms with van der Waals surface area (Å²) in [4.78, 5) is 14.9. The van der Waals surface area contributed by atoms with Gasteiger partial charge in [-0.3, -0.25) is 4.79 Å². The molecule has 0 radical (unpaired) electrons. The van der Waals surface area contributed by atoms with Crippen molar-refractivity contribution in [2.75, 3.05) is 52.5 Å². The molecule has 1 aliphatic heterocycles. The van der Waals surface area contributed by atoms with Crippen LogP contribution in [0.4, 0.5) is 0 Å². The number of amides is 1. The van der Waals surface area contributed by atoms with E-state index in [1.165, 1.54) is 16.4 Å². The number of nitrogens with one attached hydrogen (secondary N) is 1. The van der Waals surface area contributed by atoms with Gasteiger partial charge in [0.05, 0.1) is 30.8 Å². The van der Waals surface area contributed by atoms with Gasteiger partial charge in [0.1, 0.15) is 0 Å². The molecule has 0 saturated carbocycles. The number of sulfonamides is 1. The summed E-state index contributed by atoms with van der Waals surface area (Å²) in [7, 11) is -3.66. The summed E-state index contributed by atoms with van der Waals surface area (Å²) in [6.07, 6.45) is 0.621. The summed E-state index contributed by atoms with van der Waals surface area (Å²) in [5.41, 5.74) is 0.260. The fraction of sp³-hybridized carbons (Fsp3) is 0.632. The third-order valence-corrected chi connectivity index (χ3v) is 6.84. The predicted molar refractivity (Wildman–Crippen MR) is 107 cm³/mol. The first-order chi connectivity index (χ1) is 13.4. The monoisotopic (exact) mass is 413 g/mol. The molecule has 0 spiro atoms. The molecule has 1 heterocycles. The van der Waals surface area contributed by atoms with Crippen molar-refractivity contribution in [1.29, 1.82) is 0 Å². The molecule has 0 aliphatic carbocycles. The van der Waals surface area contributed by atoms with Crippen LogP contribution in [0.1, 0.15) is 30.6 Å². The van der Waals surface area contributed by atoms with Crippen LogP contribution in [0.3, 0.4) is 0 Å². The van der Waals surface area contributed by atoms with Gasteiger partial charge in [0, 0.05) is 25.2 Å². The van der Waals surface area contributed by atoms with Gasteiger partial charge in [0.2, 0.25) is 10.0 Å². The molecular weight excluding hydrogens is 382 g/mol. The van der Waals surface area contributed by atoms with Crippen LogP contribution in [-0.4, -0.2) is 87.2 Å². The van der Waals surface area contributed by atoms with E-state index in [1.807, 2.05) is 0 Å². The second kappa shape index (κ2) is 10.9. The minimum absolute atomic E-state index is 0.0886. The SMILES string of the molecule is CCN(CC)CC[C@@H](CO)NC(=O)c1cccc(S(=O)(=O)N2CCOCC2)c1. The molecule has 1 aromatic carbocycles. The molecule has 1 aromatic rings. The summed E-state index contributed by atoms with van der Waals surface area (Å²) in [5, 5.41) is 12.4. The molecule has 158 valence electrons. The maximum Gasteiger partial charge on any atom is 0.251 e. The minimum Gasteiger partial charge on any atom is -0.394 e. The van der Waals surface area contributed by atoms with Crippen LogP contribution < -0.4 is 5.32 Å². The fourth-order valence-electron chi connectivity index (χ4n) is 3.09. The molecular formula is C19H31N3O5S. The lowest BCUT2D eigenvalue weighted by Gasteiger charge is -2.26. The molecule has 1 aliphatic rings. The Morgan fingerprint density at radius 1 is 1.29 bits per heavy atom. The number of carbonyl (C=O) groups is 1. The average molecular weight is 414 g/mol. The summed E-state index contributed by atoms with van der Waals surface area (Å²) < 4.78 is 32.1. The molecule has 1 saturated heterocycles. The Bertz CT molecular complexity index is 731. The minimum atomic E-state index is -3.66. The number of nitrogens with zero attached hydrogens (tertiary/aromatic N) is 2. The van der Waals surface area contributed by atoms with E-state index >= 15 is 0 Å². The number of hydrogen-bond acceptors (Lipinski definition) is 6. The van der Waals surface area contributed by atoms with E-state index in [-0.39, 0.29) is 23.1 Å². The third-order valence-electron chi connectivity index (χ3n) is 4.95. The van der Waals surface area contributed by atoms with Gasteiger partial charge < -0.3 is 20.1 Å². The average Bonchev–Trinajstić information content (AvgIpc) is 2.74. The zero-order chi connectivity index (χ0) is 20.6. The molecule has 2 rings (SSSR count). The number of hydrogen-bond donors (Lipinski definition) is 2. The van der Waals surface area contributed by atoms with Gasteiger partial charge in [-0.25, -0.2) is 8.42 Å². The van der Waals surface area contributed by atoms with Gasteiger partial charge in [-0.2, -0.15) is 4.31 Å². The van der Waals surface area contributed by atoms with E-state index in [1.54, 1.807) is 12.1 Å². The zero-order valence-electron chi connectivity index (χ0n) is 16.6. The van der Waals surface area contributed by atoms with Gasteiger partial charge in [-0.1, -0.05) is 19.9 Å². The second-order valence-corrected chi connectivity index (χ2v) is 8.65. The highest BCUT2D eigenvalue weighted by molar-refractivity contribution is 7.89. The highest BCUT2D eigenvalue weighted by atomic mass is 32.2. The Balaban J connectivity index is 2.06. The van der Waals surface area contributed by atoms with Crippen molar-refractivity contribution in [3.05, 3.63) is 29.8 Å². The predicted octanol–water partition coefficient (Wildman–Crippen LogP) is 0.530. The lowest BCUT2D eigenvalue weighted by Crippen LogP contribution is -2.41. The normalized spacial score (nSPS) is 16.9. The third kappa shape index (κ3) is 5.99. The molecule has 1 amide bonds. The Hall–Kier alpha value is -1.52. The van der Waals surface area contributed by atoms with Crippen molar-refractivity contribution in [3.8, 4) is 0 Å². The smallest absolute Gasteiger partial charge is 0.251 e. The Kier molecular flexibility index (Phi) is 8.84. The van der Waals surface area contributed by atoms with Crippen LogP contribution in [-0.2, 0) is 14.8 Å². The van der Waals surface area contributed by atoms with Crippen LogP contribution in [0.15, 0.2) is 29.2 Å². The number of carbonyl (C=O) groups excluding carboxylic acids is 1. The first kappa shape index (κ1) is 22.8. The van der Waals surface area contributed by atoms with Crippen LogP contribution in [0.25, 0.3) is 0 Å². The van der Waals surface area contributed by atoms with Crippen molar-refractivity contribution in [3.63, 3.8) is 0 Å². The number of benzene rings is 1. The highest BCUT2D eigenvalue weighted by Gasteiger charge is 2.27. The first-order valence-corrected chi connectivity index (χ1v) is 11.2. The van der Waals surface area contributed by atoms with Gasteiger partial charge in [0.25, 0.3) is 5.91 Å². The summed E-state index contributed by atoms with van der Waals surface area (Å²) in [6, 6.07) is 5.64. The van der Waals surface area contributed by atoms with Gasteiger partial charge in [0.15, 0.2) is 0 Å². The quantitative estimate of drug-likeness (QED) is 0.581. The van der Waals surface area contributed by atoms with E-state index in [0.717, 1.165) is 19.6 Å². The molecule has 1 fully saturated rings. The molecule has 9 heteroatoms. The van der Waals surface area contributed by atoms with E-state index in [0.29, 0.717) is 32.7 Å². The summed E-state index contributed by atoms with van der Waals surface area (Å²) in [5.74, 6) is -0.391. The van der Waals surface area contributed by atoms with Crippen LogP contribution in [0.2, 0.25) is 0 Å². The number of rotatable bonds is 10. The van der Waals surface area contributed by atoms with Crippen molar-refractivity contribution in [2.45, 2.75) is 31.2 Å². The Morgan fingerprint density at radius 2 is 1.96 bits per heavy atom. The largest absolute Gasteiger partial charge is 0.394 e. The summed E-state index contributed by atoms with van der Waals surface area (Å²) in [6.45, 7) is 7.88. The van der Waals surface area contributed by atoms with Crippen molar-refractivity contribution >= 4 is 15.9 Å². The number of aliphatic hydroxyl groups is 1. The molecule has 0 unspecified atom stereocenters. The van der Waals surface area contributed by atoms with Gasteiger partial charge in [-0.15, -0.1) is 0 Å².